The van der Waals surface area contributed by atoms with Crippen molar-refractivity contribution in [2.75, 3.05) is 5.32 Å². The molecular formula is C21H19FN4O2. The van der Waals surface area contributed by atoms with Crippen molar-refractivity contribution < 1.29 is 13.9 Å². The van der Waals surface area contributed by atoms with E-state index < -0.39 is 11.7 Å². The fourth-order valence-corrected chi connectivity index (χ4v) is 2.77. The van der Waals surface area contributed by atoms with E-state index in [1.807, 2.05) is 25.1 Å². The minimum absolute atomic E-state index is 0.159. The topological polar surface area (TPSA) is 77.0 Å². The third-order valence-corrected chi connectivity index (χ3v) is 4.60. The first kappa shape index (κ1) is 18.0. The van der Waals surface area contributed by atoms with Gasteiger partial charge in [-0.05, 0) is 44.4 Å². The van der Waals surface area contributed by atoms with Crippen LogP contribution in [0, 0.1) is 19.7 Å². The second kappa shape index (κ2) is 7.34. The molecule has 2 heterocycles. The van der Waals surface area contributed by atoms with Gasteiger partial charge in [0.2, 0.25) is 0 Å². The smallest absolute Gasteiger partial charge is 0.258 e. The highest BCUT2D eigenvalue weighted by atomic mass is 19.1. The second-order valence-electron chi connectivity index (χ2n) is 6.83. The van der Waals surface area contributed by atoms with E-state index in [9.17, 15) is 9.18 Å². The van der Waals surface area contributed by atoms with Crippen LogP contribution in [0.3, 0.4) is 0 Å². The Morgan fingerprint density at radius 3 is 2.68 bits per heavy atom. The van der Waals surface area contributed by atoms with Crippen LogP contribution in [0.1, 0.15) is 34.3 Å². The molecule has 7 heteroatoms. The number of hydrogen-bond donors (Lipinski definition) is 1. The second-order valence-corrected chi connectivity index (χ2v) is 6.83. The molecule has 1 aliphatic carbocycles. The predicted molar refractivity (Wildman–Crippen MR) is 103 cm³/mol. The van der Waals surface area contributed by atoms with E-state index in [2.05, 4.69) is 20.3 Å². The molecule has 3 aromatic rings. The van der Waals surface area contributed by atoms with E-state index in [4.69, 9.17) is 4.74 Å². The number of carbonyl (C=O) groups excluding carboxylic acids is 1. The van der Waals surface area contributed by atoms with E-state index in [-0.39, 0.29) is 16.9 Å². The third-order valence-electron chi connectivity index (χ3n) is 4.60. The monoisotopic (exact) mass is 378 g/mol. The Hall–Kier alpha value is -3.35. The maximum Gasteiger partial charge on any atom is 0.258 e. The summed E-state index contributed by atoms with van der Waals surface area (Å²) in [6, 6.07) is 5.90. The zero-order valence-electron chi connectivity index (χ0n) is 15.6. The molecule has 6 nitrogen and oxygen atoms in total. The molecule has 1 saturated carbocycles. The zero-order valence-corrected chi connectivity index (χ0v) is 15.6. The van der Waals surface area contributed by atoms with Crippen LogP contribution in [-0.4, -0.2) is 27.0 Å². The lowest BCUT2D eigenvalue weighted by molar-refractivity contribution is 0.102. The number of nitrogens with zero attached hydrogens (tertiary/aromatic N) is 3. The minimum atomic E-state index is -0.530. The Bertz CT molecular complexity index is 1030. The summed E-state index contributed by atoms with van der Waals surface area (Å²) >= 11 is 0. The van der Waals surface area contributed by atoms with Crippen molar-refractivity contribution >= 4 is 11.7 Å². The lowest BCUT2D eigenvalue weighted by atomic mass is 10.1. The van der Waals surface area contributed by atoms with Crippen LogP contribution in [-0.2, 0) is 0 Å². The van der Waals surface area contributed by atoms with Gasteiger partial charge in [0, 0.05) is 17.3 Å². The molecule has 1 aromatic carbocycles. The summed E-state index contributed by atoms with van der Waals surface area (Å²) in [6.07, 6.45) is 7.97. The first-order chi connectivity index (χ1) is 13.5. The SMILES string of the molecule is Cc1ccc(OC2CC2)cc1-c1cnc(NC(=O)c2cncc(F)c2C)cn1. The van der Waals surface area contributed by atoms with Gasteiger partial charge in [0.15, 0.2) is 5.82 Å². The Morgan fingerprint density at radius 2 is 1.96 bits per heavy atom. The highest BCUT2D eigenvalue weighted by Crippen LogP contribution is 2.31. The van der Waals surface area contributed by atoms with Crippen LogP contribution in [0.5, 0.6) is 5.75 Å². The number of ether oxygens (including phenoxy) is 1. The van der Waals surface area contributed by atoms with E-state index in [0.717, 1.165) is 35.9 Å². The maximum absolute atomic E-state index is 13.6. The molecule has 0 saturated heterocycles. The molecule has 4 rings (SSSR count). The summed E-state index contributed by atoms with van der Waals surface area (Å²) in [5, 5.41) is 2.62. The average Bonchev–Trinajstić information content (AvgIpc) is 3.50. The Balaban J connectivity index is 1.52. The first-order valence-electron chi connectivity index (χ1n) is 9.02. The lowest BCUT2D eigenvalue weighted by Gasteiger charge is -2.10. The van der Waals surface area contributed by atoms with Crippen molar-refractivity contribution in [3.63, 3.8) is 0 Å². The number of anilines is 1. The van der Waals surface area contributed by atoms with Crippen LogP contribution in [0.15, 0.2) is 43.0 Å². The molecule has 1 fully saturated rings. The first-order valence-corrected chi connectivity index (χ1v) is 9.02. The number of amides is 1. The molecule has 1 aliphatic rings. The molecule has 1 N–H and O–H groups in total. The fourth-order valence-electron chi connectivity index (χ4n) is 2.77. The molecule has 2 aromatic heterocycles. The van der Waals surface area contributed by atoms with Gasteiger partial charge in [-0.2, -0.15) is 0 Å². The van der Waals surface area contributed by atoms with Crippen molar-refractivity contribution in [3.8, 4) is 17.0 Å². The van der Waals surface area contributed by atoms with Crippen molar-refractivity contribution in [3.05, 3.63) is 65.5 Å². The van der Waals surface area contributed by atoms with Crippen LogP contribution in [0.25, 0.3) is 11.3 Å². The van der Waals surface area contributed by atoms with Gasteiger partial charge in [0.25, 0.3) is 5.91 Å². The van der Waals surface area contributed by atoms with Crippen molar-refractivity contribution in [1.29, 1.82) is 0 Å². The maximum atomic E-state index is 13.6. The minimum Gasteiger partial charge on any atom is -0.490 e. The number of pyridine rings is 1. The molecule has 1 amide bonds. The van der Waals surface area contributed by atoms with E-state index >= 15 is 0 Å². The van der Waals surface area contributed by atoms with Gasteiger partial charge in [-0.3, -0.25) is 14.8 Å². The summed E-state index contributed by atoms with van der Waals surface area (Å²) < 4.78 is 19.4. The number of carbonyl (C=O) groups is 1. The van der Waals surface area contributed by atoms with Crippen LogP contribution in [0.4, 0.5) is 10.2 Å². The van der Waals surface area contributed by atoms with E-state index in [1.165, 1.54) is 19.3 Å². The molecule has 0 bridgehead atoms. The van der Waals surface area contributed by atoms with Gasteiger partial charge in [-0.15, -0.1) is 0 Å². The quantitative estimate of drug-likeness (QED) is 0.724. The number of aryl methyl sites for hydroxylation is 1. The van der Waals surface area contributed by atoms with E-state index in [0.29, 0.717) is 11.8 Å². The highest BCUT2D eigenvalue weighted by molar-refractivity contribution is 6.04. The number of rotatable bonds is 5. The van der Waals surface area contributed by atoms with Gasteiger partial charge in [-0.25, -0.2) is 9.37 Å². The fraction of sp³-hybridized carbons (Fsp3) is 0.238. The molecular weight excluding hydrogens is 359 g/mol. The van der Waals surface area contributed by atoms with Gasteiger partial charge >= 0.3 is 0 Å². The summed E-state index contributed by atoms with van der Waals surface area (Å²) in [5.74, 6) is 0.0808. The van der Waals surface area contributed by atoms with Crippen molar-refractivity contribution in [2.45, 2.75) is 32.8 Å². The standard InChI is InChI=1S/C21H19FN4O2/c1-12-3-4-15(28-14-5-6-14)7-16(12)19-10-25-20(11-24-19)26-21(27)17-8-23-9-18(22)13(17)2/h3-4,7-11,14H,5-6H2,1-2H3,(H,25,26,27). The zero-order chi connectivity index (χ0) is 19.7. The number of nitrogens with one attached hydrogen (secondary N) is 1. The largest absolute Gasteiger partial charge is 0.490 e. The summed E-state index contributed by atoms with van der Waals surface area (Å²) in [5.41, 5.74) is 3.05. The van der Waals surface area contributed by atoms with Gasteiger partial charge < -0.3 is 10.1 Å². The van der Waals surface area contributed by atoms with Crippen LogP contribution in [0.2, 0.25) is 0 Å². The molecule has 0 unspecified atom stereocenters. The van der Waals surface area contributed by atoms with Crippen molar-refractivity contribution in [2.24, 2.45) is 0 Å². The molecule has 0 aliphatic heterocycles. The number of aromatic nitrogens is 3. The lowest BCUT2D eigenvalue weighted by Crippen LogP contribution is -2.15. The number of hydrogen-bond acceptors (Lipinski definition) is 5. The molecule has 0 spiro atoms. The number of halogens is 1. The predicted octanol–water partition coefficient (Wildman–Crippen LogP) is 4.09. The Morgan fingerprint density at radius 1 is 1.14 bits per heavy atom. The Labute approximate surface area is 161 Å². The average molecular weight is 378 g/mol. The highest BCUT2D eigenvalue weighted by Gasteiger charge is 2.23. The Kier molecular flexibility index (Phi) is 4.73. The van der Waals surface area contributed by atoms with E-state index in [1.54, 1.807) is 6.20 Å². The van der Waals surface area contributed by atoms with Crippen LogP contribution >= 0.6 is 0 Å². The van der Waals surface area contributed by atoms with Crippen LogP contribution < -0.4 is 10.1 Å². The van der Waals surface area contributed by atoms with Crippen molar-refractivity contribution in [1.82, 2.24) is 15.0 Å². The summed E-state index contributed by atoms with van der Waals surface area (Å²) in [6.45, 7) is 3.52. The van der Waals surface area contributed by atoms with Gasteiger partial charge in [0.05, 0.1) is 36.0 Å². The molecule has 28 heavy (non-hydrogen) atoms. The molecule has 0 radical (unpaired) electrons. The number of benzene rings is 1. The van der Waals surface area contributed by atoms with Gasteiger partial charge in [-0.1, -0.05) is 6.07 Å². The van der Waals surface area contributed by atoms with Gasteiger partial charge in [0.1, 0.15) is 11.6 Å². The third kappa shape index (κ3) is 3.83. The summed E-state index contributed by atoms with van der Waals surface area (Å²) in [4.78, 5) is 24.7. The molecule has 0 atom stereocenters. The molecule has 142 valence electrons. The normalized spacial score (nSPS) is 13.2. The summed E-state index contributed by atoms with van der Waals surface area (Å²) in [7, 11) is 0.